The SMILES string of the molecule is CN(Cc1ccc(Cl)cc1)CC1CNc2ccccc2O1. The van der Waals surface area contributed by atoms with Crippen LogP contribution >= 0.6 is 11.6 Å². The molecule has 3 rings (SSSR count). The summed E-state index contributed by atoms with van der Waals surface area (Å²) >= 11 is 5.91. The van der Waals surface area contributed by atoms with Gasteiger partial charge in [-0.1, -0.05) is 35.9 Å². The van der Waals surface area contributed by atoms with E-state index in [1.54, 1.807) is 0 Å². The van der Waals surface area contributed by atoms with Gasteiger partial charge in [-0.05, 0) is 36.9 Å². The van der Waals surface area contributed by atoms with Crippen molar-refractivity contribution in [1.82, 2.24) is 4.90 Å². The average molecular weight is 303 g/mol. The first-order valence-corrected chi connectivity index (χ1v) is 7.51. The number of ether oxygens (including phenoxy) is 1. The molecule has 0 bridgehead atoms. The molecule has 21 heavy (non-hydrogen) atoms. The first kappa shape index (κ1) is 14.2. The molecule has 0 saturated heterocycles. The van der Waals surface area contributed by atoms with E-state index in [2.05, 4.69) is 29.4 Å². The highest BCUT2D eigenvalue weighted by Crippen LogP contribution is 2.28. The molecule has 1 N–H and O–H groups in total. The molecule has 2 aromatic rings. The quantitative estimate of drug-likeness (QED) is 0.933. The molecule has 110 valence electrons. The minimum absolute atomic E-state index is 0.164. The Morgan fingerprint density at radius 1 is 1.19 bits per heavy atom. The fourth-order valence-electron chi connectivity index (χ4n) is 2.58. The van der Waals surface area contributed by atoms with Crippen LogP contribution in [-0.4, -0.2) is 31.1 Å². The van der Waals surface area contributed by atoms with E-state index in [1.807, 2.05) is 36.4 Å². The smallest absolute Gasteiger partial charge is 0.142 e. The summed E-state index contributed by atoms with van der Waals surface area (Å²) in [4.78, 5) is 2.27. The number of rotatable bonds is 4. The lowest BCUT2D eigenvalue weighted by molar-refractivity contribution is 0.148. The molecule has 0 fully saturated rings. The molecule has 3 nitrogen and oxygen atoms in total. The van der Waals surface area contributed by atoms with Crippen LogP contribution in [0.4, 0.5) is 5.69 Å². The first-order valence-electron chi connectivity index (χ1n) is 7.13. The van der Waals surface area contributed by atoms with Crippen LogP contribution in [0, 0.1) is 0 Å². The Morgan fingerprint density at radius 3 is 2.76 bits per heavy atom. The summed E-state index contributed by atoms with van der Waals surface area (Å²) in [5.74, 6) is 0.939. The third kappa shape index (κ3) is 3.69. The van der Waals surface area contributed by atoms with E-state index >= 15 is 0 Å². The molecule has 1 unspecified atom stereocenters. The lowest BCUT2D eigenvalue weighted by atomic mass is 10.2. The van der Waals surface area contributed by atoms with Crippen LogP contribution in [-0.2, 0) is 6.54 Å². The third-order valence-electron chi connectivity index (χ3n) is 3.58. The monoisotopic (exact) mass is 302 g/mol. The highest BCUT2D eigenvalue weighted by atomic mass is 35.5. The van der Waals surface area contributed by atoms with Crippen LogP contribution in [0.5, 0.6) is 5.75 Å². The van der Waals surface area contributed by atoms with Gasteiger partial charge < -0.3 is 10.1 Å². The molecule has 0 radical (unpaired) electrons. The van der Waals surface area contributed by atoms with E-state index < -0.39 is 0 Å². The number of nitrogens with one attached hydrogen (secondary N) is 1. The number of nitrogens with zero attached hydrogens (tertiary/aromatic N) is 1. The summed E-state index contributed by atoms with van der Waals surface area (Å²) in [6.07, 6.45) is 0.164. The van der Waals surface area contributed by atoms with Crippen molar-refractivity contribution in [2.75, 3.05) is 25.5 Å². The molecule has 0 amide bonds. The van der Waals surface area contributed by atoms with E-state index in [-0.39, 0.29) is 6.10 Å². The number of fused-ring (bicyclic) bond motifs is 1. The Hall–Kier alpha value is -1.71. The van der Waals surface area contributed by atoms with Gasteiger partial charge in [0, 0.05) is 18.1 Å². The second-order valence-electron chi connectivity index (χ2n) is 5.44. The number of likely N-dealkylation sites (N-methyl/N-ethyl adjacent to an activating group) is 1. The molecule has 0 aromatic heterocycles. The Bertz CT molecular complexity index is 600. The summed E-state index contributed by atoms with van der Waals surface area (Å²) in [6.45, 7) is 2.60. The summed E-state index contributed by atoms with van der Waals surface area (Å²) in [5, 5.41) is 4.20. The van der Waals surface area contributed by atoms with Crippen molar-refractivity contribution in [2.45, 2.75) is 12.6 Å². The van der Waals surface area contributed by atoms with Crippen molar-refractivity contribution >= 4 is 17.3 Å². The van der Waals surface area contributed by atoms with Crippen LogP contribution in [0.15, 0.2) is 48.5 Å². The number of hydrogen-bond acceptors (Lipinski definition) is 3. The first-order chi connectivity index (χ1) is 10.2. The molecule has 1 atom stereocenters. The fourth-order valence-corrected chi connectivity index (χ4v) is 2.70. The minimum atomic E-state index is 0.164. The number of anilines is 1. The highest BCUT2D eigenvalue weighted by molar-refractivity contribution is 6.30. The zero-order valence-electron chi connectivity index (χ0n) is 12.1. The van der Waals surface area contributed by atoms with E-state index in [0.29, 0.717) is 0 Å². The second kappa shape index (κ2) is 6.37. The Morgan fingerprint density at radius 2 is 1.95 bits per heavy atom. The van der Waals surface area contributed by atoms with Crippen LogP contribution < -0.4 is 10.1 Å². The summed E-state index contributed by atoms with van der Waals surface area (Å²) in [6, 6.07) is 16.1. The Balaban J connectivity index is 1.56. The molecule has 1 aliphatic rings. The van der Waals surface area contributed by atoms with Crippen molar-refractivity contribution in [2.24, 2.45) is 0 Å². The minimum Gasteiger partial charge on any atom is -0.485 e. The topological polar surface area (TPSA) is 24.5 Å². The number of benzene rings is 2. The van der Waals surface area contributed by atoms with E-state index in [9.17, 15) is 0 Å². The summed E-state index contributed by atoms with van der Waals surface area (Å²) in [7, 11) is 2.11. The van der Waals surface area contributed by atoms with E-state index in [1.165, 1.54) is 5.56 Å². The molecular formula is C17H19ClN2O. The van der Waals surface area contributed by atoms with Gasteiger partial charge >= 0.3 is 0 Å². The highest BCUT2D eigenvalue weighted by Gasteiger charge is 2.20. The van der Waals surface area contributed by atoms with Crippen molar-refractivity contribution in [1.29, 1.82) is 0 Å². The maximum atomic E-state index is 6.03. The second-order valence-corrected chi connectivity index (χ2v) is 5.88. The molecule has 0 aliphatic carbocycles. The molecule has 1 aliphatic heterocycles. The van der Waals surface area contributed by atoms with E-state index in [4.69, 9.17) is 16.3 Å². The predicted molar refractivity (Wildman–Crippen MR) is 87.1 cm³/mol. The van der Waals surface area contributed by atoms with Crippen LogP contribution in [0.1, 0.15) is 5.56 Å². The lowest BCUT2D eigenvalue weighted by Gasteiger charge is -2.30. The van der Waals surface area contributed by atoms with Crippen molar-refractivity contribution in [3.63, 3.8) is 0 Å². The molecule has 4 heteroatoms. The third-order valence-corrected chi connectivity index (χ3v) is 3.83. The predicted octanol–water partition coefficient (Wildman–Crippen LogP) is 3.64. The van der Waals surface area contributed by atoms with Gasteiger partial charge in [-0.3, -0.25) is 4.90 Å². The van der Waals surface area contributed by atoms with Gasteiger partial charge in [0.2, 0.25) is 0 Å². The van der Waals surface area contributed by atoms with Gasteiger partial charge in [-0.2, -0.15) is 0 Å². The van der Waals surface area contributed by atoms with Crippen molar-refractivity contribution < 1.29 is 4.74 Å². The van der Waals surface area contributed by atoms with Crippen LogP contribution in [0.3, 0.4) is 0 Å². The van der Waals surface area contributed by atoms with E-state index in [0.717, 1.165) is 36.1 Å². The normalized spacial score (nSPS) is 17.0. The molecule has 0 saturated carbocycles. The van der Waals surface area contributed by atoms with Crippen molar-refractivity contribution in [3.05, 3.63) is 59.1 Å². The largest absolute Gasteiger partial charge is 0.485 e. The summed E-state index contributed by atoms with van der Waals surface area (Å²) in [5.41, 5.74) is 2.33. The van der Waals surface area contributed by atoms with Gasteiger partial charge in [0.15, 0.2) is 0 Å². The molecule has 1 heterocycles. The maximum absolute atomic E-state index is 6.03. The van der Waals surface area contributed by atoms with Gasteiger partial charge in [-0.15, -0.1) is 0 Å². The van der Waals surface area contributed by atoms with Crippen LogP contribution in [0.25, 0.3) is 0 Å². The number of hydrogen-bond donors (Lipinski definition) is 1. The summed E-state index contributed by atoms with van der Waals surface area (Å²) < 4.78 is 6.03. The standard InChI is InChI=1S/C17H19ClN2O/c1-20(11-13-6-8-14(18)9-7-13)12-15-10-19-16-4-2-3-5-17(16)21-15/h2-9,15,19H,10-12H2,1H3. The molecular weight excluding hydrogens is 284 g/mol. The maximum Gasteiger partial charge on any atom is 0.142 e. The van der Waals surface area contributed by atoms with Gasteiger partial charge in [-0.25, -0.2) is 0 Å². The molecule has 2 aromatic carbocycles. The number of halogens is 1. The molecule has 0 spiro atoms. The fraction of sp³-hybridized carbons (Fsp3) is 0.294. The Labute approximate surface area is 130 Å². The zero-order chi connectivity index (χ0) is 14.7. The Kier molecular flexibility index (Phi) is 4.32. The van der Waals surface area contributed by atoms with Gasteiger partial charge in [0.25, 0.3) is 0 Å². The van der Waals surface area contributed by atoms with Gasteiger partial charge in [0.05, 0.1) is 12.2 Å². The van der Waals surface area contributed by atoms with Crippen LogP contribution in [0.2, 0.25) is 5.02 Å². The van der Waals surface area contributed by atoms with Gasteiger partial charge in [0.1, 0.15) is 11.9 Å². The number of para-hydroxylation sites is 2. The average Bonchev–Trinajstić information content (AvgIpc) is 2.49. The zero-order valence-corrected chi connectivity index (χ0v) is 12.8. The van der Waals surface area contributed by atoms with Crippen molar-refractivity contribution in [3.8, 4) is 5.75 Å². The lowest BCUT2D eigenvalue weighted by Crippen LogP contribution is -2.40.